The molecule has 1 saturated heterocycles. The molecule has 2 amide bonds. The van der Waals surface area contributed by atoms with Gasteiger partial charge in [0.05, 0.1) is 12.6 Å². The van der Waals surface area contributed by atoms with Gasteiger partial charge in [-0.15, -0.1) is 0 Å². The lowest BCUT2D eigenvalue weighted by Crippen LogP contribution is -2.44. The van der Waals surface area contributed by atoms with Crippen molar-refractivity contribution in [3.63, 3.8) is 0 Å². The normalized spacial score (nSPS) is 16.7. The highest BCUT2D eigenvalue weighted by Gasteiger charge is 2.26. The van der Waals surface area contributed by atoms with E-state index < -0.39 is 0 Å². The number of hydrogen-bond donors (Lipinski definition) is 1. The van der Waals surface area contributed by atoms with Crippen molar-refractivity contribution >= 4 is 17.7 Å². The van der Waals surface area contributed by atoms with Gasteiger partial charge < -0.3 is 15.0 Å². The summed E-state index contributed by atoms with van der Waals surface area (Å²) in [5.41, 5.74) is 0.988. The zero-order chi connectivity index (χ0) is 20.0. The van der Waals surface area contributed by atoms with Gasteiger partial charge in [-0.3, -0.25) is 9.69 Å². The van der Waals surface area contributed by atoms with Crippen LogP contribution in [-0.4, -0.2) is 60.6 Å². The van der Waals surface area contributed by atoms with Crippen molar-refractivity contribution in [3.8, 4) is 0 Å². The SMILES string of the molecule is Cc1ccc(NC(=O)C(C)N2CCCN(C(=O)OCC(C)C)CC2)cc1F. The van der Waals surface area contributed by atoms with Crippen LogP contribution in [0.2, 0.25) is 0 Å². The number of carbonyl (C=O) groups is 2. The second-order valence-corrected chi connectivity index (χ2v) is 7.48. The van der Waals surface area contributed by atoms with Gasteiger partial charge >= 0.3 is 6.09 Å². The fourth-order valence-corrected chi connectivity index (χ4v) is 2.92. The average molecular weight is 379 g/mol. The largest absolute Gasteiger partial charge is 0.449 e. The lowest BCUT2D eigenvalue weighted by atomic mass is 10.2. The zero-order valence-corrected chi connectivity index (χ0v) is 16.6. The lowest BCUT2D eigenvalue weighted by Gasteiger charge is -2.27. The molecule has 0 radical (unpaired) electrons. The summed E-state index contributed by atoms with van der Waals surface area (Å²) >= 11 is 0. The second kappa shape index (κ2) is 9.69. The summed E-state index contributed by atoms with van der Waals surface area (Å²) in [6.45, 7) is 10.3. The number of ether oxygens (including phenoxy) is 1. The smallest absolute Gasteiger partial charge is 0.409 e. The Bertz CT molecular complexity index is 666. The Hall–Kier alpha value is -2.15. The minimum absolute atomic E-state index is 0.186. The third kappa shape index (κ3) is 6.20. The number of carbonyl (C=O) groups excluding carboxylic acids is 2. The first-order valence-corrected chi connectivity index (χ1v) is 9.50. The van der Waals surface area contributed by atoms with Crippen LogP contribution < -0.4 is 5.32 Å². The van der Waals surface area contributed by atoms with E-state index in [0.717, 1.165) is 6.42 Å². The van der Waals surface area contributed by atoms with E-state index in [1.165, 1.54) is 6.07 Å². The Kier molecular flexibility index (Phi) is 7.59. The molecule has 1 unspecified atom stereocenters. The molecule has 1 aromatic rings. The van der Waals surface area contributed by atoms with Crippen LogP contribution in [0.15, 0.2) is 18.2 Å². The van der Waals surface area contributed by atoms with Gasteiger partial charge in [0.15, 0.2) is 0 Å². The van der Waals surface area contributed by atoms with Gasteiger partial charge in [-0.1, -0.05) is 19.9 Å². The van der Waals surface area contributed by atoms with Gasteiger partial charge in [0, 0.05) is 31.9 Å². The van der Waals surface area contributed by atoms with E-state index in [9.17, 15) is 14.0 Å². The molecule has 2 rings (SSSR count). The molecule has 1 aliphatic rings. The number of amides is 2. The van der Waals surface area contributed by atoms with Crippen molar-refractivity contribution in [2.75, 3.05) is 38.1 Å². The summed E-state index contributed by atoms with van der Waals surface area (Å²) in [6.07, 6.45) is 0.478. The fourth-order valence-electron chi connectivity index (χ4n) is 2.92. The number of hydrogen-bond acceptors (Lipinski definition) is 4. The summed E-state index contributed by atoms with van der Waals surface area (Å²) in [7, 11) is 0. The predicted molar refractivity (Wildman–Crippen MR) is 103 cm³/mol. The standard InChI is InChI=1S/C20H30FN3O3/c1-14(2)13-27-20(26)24-9-5-8-23(10-11-24)16(4)19(25)22-17-7-6-15(3)18(21)12-17/h6-7,12,14,16H,5,8-11,13H2,1-4H3,(H,22,25). The Balaban J connectivity index is 1.88. The second-order valence-electron chi connectivity index (χ2n) is 7.48. The summed E-state index contributed by atoms with van der Waals surface area (Å²) in [5.74, 6) is -0.229. The van der Waals surface area contributed by atoms with Crippen molar-refractivity contribution < 1.29 is 18.7 Å². The monoisotopic (exact) mass is 379 g/mol. The van der Waals surface area contributed by atoms with Crippen molar-refractivity contribution in [1.29, 1.82) is 0 Å². The Morgan fingerprint density at radius 1 is 1.19 bits per heavy atom. The van der Waals surface area contributed by atoms with Gasteiger partial charge in [0.25, 0.3) is 0 Å². The third-order valence-electron chi connectivity index (χ3n) is 4.70. The molecular weight excluding hydrogens is 349 g/mol. The van der Waals surface area contributed by atoms with Crippen molar-refractivity contribution in [1.82, 2.24) is 9.80 Å². The van der Waals surface area contributed by atoms with E-state index in [0.29, 0.717) is 50.0 Å². The van der Waals surface area contributed by atoms with Crippen molar-refractivity contribution in [2.24, 2.45) is 5.92 Å². The summed E-state index contributed by atoms with van der Waals surface area (Å²) in [6, 6.07) is 4.29. The number of benzene rings is 1. The number of anilines is 1. The van der Waals surface area contributed by atoms with Crippen molar-refractivity contribution in [2.45, 2.75) is 40.2 Å². The maximum absolute atomic E-state index is 13.7. The first-order valence-electron chi connectivity index (χ1n) is 9.50. The molecule has 0 aliphatic carbocycles. The lowest BCUT2D eigenvalue weighted by molar-refractivity contribution is -0.120. The molecule has 27 heavy (non-hydrogen) atoms. The molecule has 1 N–H and O–H groups in total. The molecule has 0 aromatic heterocycles. The summed E-state index contributed by atoms with van der Waals surface area (Å²) < 4.78 is 19.0. The molecule has 1 aliphatic heterocycles. The number of aryl methyl sites for hydroxylation is 1. The van der Waals surface area contributed by atoms with Crippen LogP contribution >= 0.6 is 0 Å². The quantitative estimate of drug-likeness (QED) is 0.853. The van der Waals surface area contributed by atoms with E-state index in [2.05, 4.69) is 5.32 Å². The van der Waals surface area contributed by atoms with E-state index >= 15 is 0 Å². The fraction of sp³-hybridized carbons (Fsp3) is 0.600. The molecule has 1 fully saturated rings. The van der Waals surface area contributed by atoms with Gasteiger partial charge in [0.2, 0.25) is 5.91 Å². The van der Waals surface area contributed by atoms with Gasteiger partial charge in [-0.25, -0.2) is 9.18 Å². The van der Waals surface area contributed by atoms with E-state index in [1.807, 2.05) is 25.7 Å². The first-order chi connectivity index (χ1) is 12.8. The molecule has 0 saturated carbocycles. The minimum atomic E-state index is -0.374. The van der Waals surface area contributed by atoms with Crippen LogP contribution in [-0.2, 0) is 9.53 Å². The summed E-state index contributed by atoms with van der Waals surface area (Å²) in [4.78, 5) is 28.4. The highest BCUT2D eigenvalue weighted by molar-refractivity contribution is 5.94. The molecular formula is C20H30FN3O3. The number of halogens is 1. The number of rotatable bonds is 5. The third-order valence-corrected chi connectivity index (χ3v) is 4.70. The number of nitrogens with zero attached hydrogens (tertiary/aromatic N) is 2. The maximum Gasteiger partial charge on any atom is 0.409 e. The van der Waals surface area contributed by atoms with Crippen LogP contribution in [0, 0.1) is 18.7 Å². The maximum atomic E-state index is 13.7. The topological polar surface area (TPSA) is 61.9 Å². The van der Waals surface area contributed by atoms with Crippen LogP contribution in [0.4, 0.5) is 14.9 Å². The highest BCUT2D eigenvalue weighted by Crippen LogP contribution is 2.15. The molecule has 6 nitrogen and oxygen atoms in total. The molecule has 150 valence electrons. The van der Waals surface area contributed by atoms with Crippen LogP contribution in [0.3, 0.4) is 0 Å². The van der Waals surface area contributed by atoms with Gasteiger partial charge in [-0.2, -0.15) is 0 Å². The molecule has 1 aromatic carbocycles. The van der Waals surface area contributed by atoms with Crippen molar-refractivity contribution in [3.05, 3.63) is 29.6 Å². The first kappa shape index (κ1) is 21.2. The van der Waals surface area contributed by atoms with E-state index in [1.54, 1.807) is 24.0 Å². The Labute approximate surface area is 160 Å². The number of nitrogens with one attached hydrogen (secondary N) is 1. The molecule has 0 spiro atoms. The van der Waals surface area contributed by atoms with E-state index in [4.69, 9.17) is 4.74 Å². The molecule has 1 atom stereocenters. The Morgan fingerprint density at radius 2 is 1.93 bits per heavy atom. The highest BCUT2D eigenvalue weighted by atomic mass is 19.1. The van der Waals surface area contributed by atoms with E-state index in [-0.39, 0.29) is 23.9 Å². The van der Waals surface area contributed by atoms with Crippen LogP contribution in [0.25, 0.3) is 0 Å². The van der Waals surface area contributed by atoms with Gasteiger partial charge in [-0.05, 0) is 43.9 Å². The van der Waals surface area contributed by atoms with Crippen LogP contribution in [0.5, 0.6) is 0 Å². The minimum Gasteiger partial charge on any atom is -0.449 e. The summed E-state index contributed by atoms with van der Waals surface area (Å²) in [5, 5.41) is 2.77. The Morgan fingerprint density at radius 3 is 2.59 bits per heavy atom. The molecule has 7 heteroatoms. The van der Waals surface area contributed by atoms with Gasteiger partial charge in [0.1, 0.15) is 5.82 Å². The molecule has 1 heterocycles. The predicted octanol–water partition coefficient (Wildman–Crippen LogP) is 3.26. The zero-order valence-electron chi connectivity index (χ0n) is 16.6. The molecule has 0 bridgehead atoms. The average Bonchev–Trinajstić information content (AvgIpc) is 2.88. The van der Waals surface area contributed by atoms with Crippen LogP contribution in [0.1, 0.15) is 32.8 Å².